The maximum Gasteiger partial charge on any atom is 2.00 e. The predicted molar refractivity (Wildman–Crippen MR) is 48.5 cm³/mol. The molecule has 13 heavy (non-hydrogen) atoms. The van der Waals surface area contributed by atoms with E-state index in [9.17, 15) is 0 Å². The van der Waals surface area contributed by atoms with Gasteiger partial charge in [-0.15, -0.1) is 12.4 Å². The van der Waals surface area contributed by atoms with Crippen molar-refractivity contribution in [1.29, 1.82) is 5.39 Å². The van der Waals surface area contributed by atoms with Gasteiger partial charge in [0.05, 0.1) is 6.07 Å². The molecular weight excluding hydrogens is 307 g/mol. The Hall–Kier alpha value is 0.423. The summed E-state index contributed by atoms with van der Waals surface area (Å²) in [6.07, 6.45) is 0. The van der Waals surface area contributed by atoms with Crippen molar-refractivity contribution < 1.29 is 31.9 Å². The van der Waals surface area contributed by atoms with Crippen molar-refractivity contribution in [3.05, 3.63) is 33.2 Å². The Balaban J connectivity index is -0.000000333. The average Bonchev–Trinajstić information content (AvgIpc) is 1.94. The second-order valence-corrected chi connectivity index (χ2v) is 2.54. The largest absolute Gasteiger partial charge is 2.00 e. The van der Waals surface area contributed by atoms with Gasteiger partial charge < -0.3 is 12.4 Å². The van der Waals surface area contributed by atoms with E-state index in [1.807, 2.05) is 0 Å². The summed E-state index contributed by atoms with van der Waals surface area (Å²) in [4.78, 5) is 2.91. The van der Waals surface area contributed by atoms with Crippen LogP contribution in [0.2, 0.25) is 10.0 Å². The molecule has 0 aromatic heterocycles. The fourth-order valence-corrected chi connectivity index (χ4v) is 0.884. The van der Waals surface area contributed by atoms with Gasteiger partial charge in [-0.1, -0.05) is 23.2 Å². The molecule has 0 aliphatic rings. The molecule has 0 amide bonds. The zero-order valence-corrected chi connectivity index (χ0v) is 12.4. The van der Waals surface area contributed by atoms with E-state index in [-0.39, 0.29) is 50.0 Å². The number of diazo groups is 1. The first-order chi connectivity index (χ1) is 4.74. The van der Waals surface area contributed by atoms with Gasteiger partial charge in [0.25, 0.3) is 0 Å². The number of nitrogens with zero attached hydrogens (tertiary/aromatic N) is 2. The SMILES string of the molecule is Cl.N#[N+]c1cc(Cl)ccc1Cl.[Cl-].[Zn+2]. The number of hydrogen-bond donors (Lipinski definition) is 0. The van der Waals surface area contributed by atoms with Gasteiger partial charge >= 0.3 is 25.2 Å². The van der Waals surface area contributed by atoms with Crippen LogP contribution in [0.15, 0.2) is 18.2 Å². The Labute approximate surface area is 111 Å². The first-order valence-corrected chi connectivity index (χ1v) is 3.30. The summed E-state index contributed by atoms with van der Waals surface area (Å²) >= 11 is 11.1. The van der Waals surface area contributed by atoms with Crippen LogP contribution in [-0.4, -0.2) is 0 Å². The molecule has 0 aliphatic carbocycles. The van der Waals surface area contributed by atoms with E-state index in [4.69, 9.17) is 28.6 Å². The molecule has 0 saturated carbocycles. The minimum absolute atomic E-state index is 0. The molecule has 66 valence electrons. The van der Waals surface area contributed by atoms with E-state index < -0.39 is 0 Å². The van der Waals surface area contributed by atoms with Crippen molar-refractivity contribution in [2.45, 2.75) is 0 Å². The van der Waals surface area contributed by atoms with E-state index in [1.54, 1.807) is 12.1 Å². The molecule has 0 saturated heterocycles. The third-order valence-corrected chi connectivity index (χ3v) is 1.57. The maximum absolute atomic E-state index is 8.32. The average molecular weight is 311 g/mol. The van der Waals surface area contributed by atoms with Crippen molar-refractivity contribution in [1.82, 2.24) is 0 Å². The Kier molecular flexibility index (Phi) is 13.2. The van der Waals surface area contributed by atoms with E-state index in [2.05, 4.69) is 4.98 Å². The van der Waals surface area contributed by atoms with Crippen molar-refractivity contribution in [3.63, 3.8) is 0 Å². The van der Waals surface area contributed by atoms with Crippen molar-refractivity contribution in [2.75, 3.05) is 0 Å². The Morgan fingerprint density at radius 1 is 1.23 bits per heavy atom. The van der Waals surface area contributed by atoms with Gasteiger partial charge in [0, 0.05) is 5.02 Å². The molecule has 0 radical (unpaired) electrons. The molecule has 0 atom stereocenters. The second-order valence-electron chi connectivity index (χ2n) is 1.70. The monoisotopic (exact) mass is 308 g/mol. The first kappa shape index (κ1) is 19.1. The van der Waals surface area contributed by atoms with Crippen LogP contribution in [0.3, 0.4) is 0 Å². The summed E-state index contributed by atoms with van der Waals surface area (Å²) in [5, 5.41) is 9.20. The van der Waals surface area contributed by atoms with Gasteiger partial charge in [0.15, 0.2) is 4.98 Å². The minimum Gasteiger partial charge on any atom is -1.00 e. The quantitative estimate of drug-likeness (QED) is 0.517. The zero-order valence-electron chi connectivity index (χ0n) is 6.38. The number of hydrogen-bond acceptors (Lipinski definition) is 1. The molecule has 2 nitrogen and oxygen atoms in total. The van der Waals surface area contributed by atoms with Crippen LogP contribution in [0.25, 0.3) is 4.98 Å². The van der Waals surface area contributed by atoms with Gasteiger partial charge in [-0.3, -0.25) is 0 Å². The normalized spacial score (nSPS) is 6.85. The summed E-state index contributed by atoms with van der Waals surface area (Å²) in [6.45, 7) is 0. The van der Waals surface area contributed by atoms with Crippen LogP contribution < -0.4 is 12.4 Å². The summed E-state index contributed by atoms with van der Waals surface area (Å²) in [5.41, 5.74) is 0.286. The number of rotatable bonds is 0. The molecule has 0 fully saturated rings. The van der Waals surface area contributed by atoms with Crippen LogP contribution in [0.4, 0.5) is 5.69 Å². The van der Waals surface area contributed by atoms with Gasteiger partial charge in [-0.2, -0.15) is 0 Å². The fraction of sp³-hybridized carbons (Fsp3) is 0. The fourth-order valence-electron chi connectivity index (χ4n) is 0.562. The van der Waals surface area contributed by atoms with Gasteiger partial charge in [0.1, 0.15) is 5.02 Å². The molecular formula is C6H4Cl4N2Zn+2. The Morgan fingerprint density at radius 2 is 1.77 bits per heavy atom. The molecule has 0 aliphatic heterocycles. The van der Waals surface area contributed by atoms with E-state index in [0.29, 0.717) is 10.0 Å². The summed E-state index contributed by atoms with van der Waals surface area (Å²) < 4.78 is 0. The molecule has 0 spiro atoms. The van der Waals surface area contributed by atoms with Gasteiger partial charge in [-0.05, 0) is 12.1 Å². The smallest absolute Gasteiger partial charge is 1.00 e. The molecule has 0 unspecified atom stereocenters. The summed E-state index contributed by atoms with van der Waals surface area (Å²) in [7, 11) is 0. The molecule has 0 heterocycles. The number of halogens is 4. The van der Waals surface area contributed by atoms with Crippen molar-refractivity contribution in [3.8, 4) is 0 Å². The minimum atomic E-state index is 0. The van der Waals surface area contributed by atoms with Crippen LogP contribution in [-0.2, 0) is 19.5 Å². The van der Waals surface area contributed by atoms with Crippen molar-refractivity contribution >= 4 is 41.3 Å². The maximum atomic E-state index is 8.32. The number of benzene rings is 1. The third-order valence-electron chi connectivity index (χ3n) is 1.02. The molecule has 1 rings (SSSR count). The van der Waals surface area contributed by atoms with Crippen LogP contribution >= 0.6 is 35.6 Å². The van der Waals surface area contributed by atoms with Crippen LogP contribution in [0.1, 0.15) is 0 Å². The Morgan fingerprint density at radius 3 is 2.15 bits per heavy atom. The van der Waals surface area contributed by atoms with Crippen LogP contribution in [0, 0.1) is 5.39 Å². The summed E-state index contributed by atoms with van der Waals surface area (Å²) in [6, 6.07) is 4.67. The molecule has 0 N–H and O–H groups in total. The standard InChI is InChI=1S/C6H3Cl2N2.2ClH.Zn/c7-4-1-2-5(8)6(3-4)10-9;;;/h1-3H;2*1H;/q+1;;;+2/p-1. The van der Waals surface area contributed by atoms with E-state index in [0.717, 1.165) is 0 Å². The van der Waals surface area contributed by atoms with Gasteiger partial charge in [0.2, 0.25) is 5.39 Å². The van der Waals surface area contributed by atoms with Gasteiger partial charge in [-0.25, -0.2) is 0 Å². The topological polar surface area (TPSA) is 28.1 Å². The van der Waals surface area contributed by atoms with Crippen LogP contribution in [0.5, 0.6) is 0 Å². The molecule has 1 aromatic carbocycles. The Bertz CT molecular complexity index is 299. The predicted octanol–water partition coefficient (Wildman–Crippen LogP) is 0.901. The first-order valence-electron chi connectivity index (χ1n) is 2.54. The van der Waals surface area contributed by atoms with Crippen molar-refractivity contribution in [2.24, 2.45) is 0 Å². The summed E-state index contributed by atoms with van der Waals surface area (Å²) in [5.74, 6) is 0. The van der Waals surface area contributed by atoms with E-state index >= 15 is 0 Å². The molecule has 0 bridgehead atoms. The molecule has 7 heteroatoms. The zero-order chi connectivity index (χ0) is 7.56. The third kappa shape index (κ3) is 5.67. The van der Waals surface area contributed by atoms with E-state index in [1.165, 1.54) is 6.07 Å². The molecule has 1 aromatic rings. The second kappa shape index (κ2) is 9.00.